The number of nitrogens with zero attached hydrogens (tertiary/aromatic N) is 2. The zero-order valence-electron chi connectivity index (χ0n) is 16.5. The zero-order valence-corrected chi connectivity index (χ0v) is 17.3. The first-order valence-corrected chi connectivity index (χ1v) is 10.3. The summed E-state index contributed by atoms with van der Waals surface area (Å²) in [6, 6.07) is 7.64. The standard InChI is InChI=1S/C21H26N2O3S/c1-12(2)15-6-8-16(9-7-15)19-18(20(25)26-13(3)4)14(5)22-21-23(19)17(24)10-11-27-21/h6-9,12-13,19H,10-11H2,1-5H3. The second-order valence-corrected chi connectivity index (χ2v) is 8.50. The second kappa shape index (κ2) is 7.89. The number of amides is 1. The van der Waals surface area contributed by atoms with Crippen LogP contribution in [-0.4, -0.2) is 33.8 Å². The van der Waals surface area contributed by atoms with Crippen molar-refractivity contribution in [3.8, 4) is 0 Å². The van der Waals surface area contributed by atoms with Crippen molar-refractivity contribution in [1.82, 2.24) is 4.90 Å². The quantitative estimate of drug-likeness (QED) is 0.719. The minimum absolute atomic E-state index is 0.00668. The van der Waals surface area contributed by atoms with Crippen LogP contribution in [0.2, 0.25) is 0 Å². The maximum Gasteiger partial charge on any atom is 0.338 e. The molecule has 0 aliphatic carbocycles. The van der Waals surface area contributed by atoms with Crippen LogP contribution in [0.4, 0.5) is 0 Å². The minimum Gasteiger partial charge on any atom is -0.459 e. The number of hydrogen-bond donors (Lipinski definition) is 0. The summed E-state index contributed by atoms with van der Waals surface area (Å²) in [7, 11) is 0. The van der Waals surface area contributed by atoms with Gasteiger partial charge in [-0.3, -0.25) is 9.69 Å². The van der Waals surface area contributed by atoms with Gasteiger partial charge >= 0.3 is 5.97 Å². The smallest absolute Gasteiger partial charge is 0.338 e. The summed E-state index contributed by atoms with van der Waals surface area (Å²) >= 11 is 1.56. The normalized spacial score (nSPS) is 20.1. The Bertz CT molecular complexity index is 809. The van der Waals surface area contributed by atoms with E-state index in [2.05, 4.69) is 31.0 Å². The number of ether oxygens (including phenoxy) is 1. The van der Waals surface area contributed by atoms with Crippen molar-refractivity contribution in [3.05, 3.63) is 46.7 Å². The maximum absolute atomic E-state index is 12.9. The molecule has 0 spiro atoms. The molecule has 5 nitrogen and oxygen atoms in total. The first-order valence-electron chi connectivity index (χ1n) is 9.34. The molecule has 0 saturated carbocycles. The van der Waals surface area contributed by atoms with Crippen LogP contribution >= 0.6 is 11.8 Å². The molecule has 27 heavy (non-hydrogen) atoms. The van der Waals surface area contributed by atoms with E-state index in [0.717, 1.165) is 5.56 Å². The van der Waals surface area contributed by atoms with Crippen molar-refractivity contribution in [2.75, 3.05) is 5.75 Å². The van der Waals surface area contributed by atoms with Gasteiger partial charge in [0.15, 0.2) is 5.17 Å². The van der Waals surface area contributed by atoms with Crippen molar-refractivity contribution >= 4 is 28.8 Å². The van der Waals surface area contributed by atoms with Gasteiger partial charge in [-0.25, -0.2) is 9.79 Å². The van der Waals surface area contributed by atoms with Gasteiger partial charge in [0, 0.05) is 12.2 Å². The van der Waals surface area contributed by atoms with Gasteiger partial charge in [-0.2, -0.15) is 0 Å². The molecule has 1 fully saturated rings. The van der Waals surface area contributed by atoms with Gasteiger partial charge in [-0.15, -0.1) is 0 Å². The molecule has 2 aliphatic rings. The summed E-state index contributed by atoms with van der Waals surface area (Å²) in [4.78, 5) is 31.8. The third-order valence-corrected chi connectivity index (χ3v) is 5.64. The third kappa shape index (κ3) is 3.95. The van der Waals surface area contributed by atoms with Crippen molar-refractivity contribution in [1.29, 1.82) is 0 Å². The monoisotopic (exact) mass is 386 g/mol. The Labute approximate surface area is 164 Å². The number of carbonyl (C=O) groups is 2. The molecule has 1 atom stereocenters. The summed E-state index contributed by atoms with van der Waals surface area (Å²) in [6.45, 7) is 9.73. The molecule has 1 aromatic rings. The van der Waals surface area contributed by atoms with Crippen LogP contribution in [0, 0.1) is 0 Å². The van der Waals surface area contributed by atoms with Crippen molar-refractivity contribution < 1.29 is 14.3 Å². The van der Waals surface area contributed by atoms with E-state index >= 15 is 0 Å². The van der Waals surface area contributed by atoms with E-state index in [1.54, 1.807) is 16.7 Å². The highest BCUT2D eigenvalue weighted by molar-refractivity contribution is 8.14. The van der Waals surface area contributed by atoms with Crippen LogP contribution in [0.5, 0.6) is 0 Å². The molecule has 3 rings (SSSR count). The number of rotatable bonds is 4. The lowest BCUT2D eigenvalue weighted by molar-refractivity contribution is -0.143. The van der Waals surface area contributed by atoms with Crippen LogP contribution < -0.4 is 0 Å². The molecule has 1 aromatic carbocycles. The van der Waals surface area contributed by atoms with Gasteiger partial charge < -0.3 is 4.74 Å². The lowest BCUT2D eigenvalue weighted by Gasteiger charge is -2.39. The van der Waals surface area contributed by atoms with Gasteiger partial charge in [0.1, 0.15) is 0 Å². The summed E-state index contributed by atoms with van der Waals surface area (Å²) in [5.41, 5.74) is 3.18. The fourth-order valence-electron chi connectivity index (χ4n) is 3.31. The molecule has 1 saturated heterocycles. The molecule has 0 radical (unpaired) electrons. The van der Waals surface area contributed by atoms with Gasteiger partial charge in [0.05, 0.1) is 23.4 Å². The molecular formula is C21H26N2O3S. The summed E-state index contributed by atoms with van der Waals surface area (Å²) < 4.78 is 5.48. The summed E-state index contributed by atoms with van der Waals surface area (Å²) in [5.74, 6) is 0.712. The number of carbonyl (C=O) groups excluding carboxylic acids is 2. The van der Waals surface area contributed by atoms with E-state index in [4.69, 9.17) is 4.74 Å². The lowest BCUT2D eigenvalue weighted by atomic mass is 9.92. The minimum atomic E-state index is -0.495. The van der Waals surface area contributed by atoms with E-state index < -0.39 is 12.0 Å². The average molecular weight is 387 g/mol. The SMILES string of the molecule is CC1=C(C(=O)OC(C)C)C(c2ccc(C(C)C)cc2)N2C(=O)CCSC2=N1. The van der Waals surface area contributed by atoms with Crippen LogP contribution in [0.25, 0.3) is 0 Å². The Morgan fingerprint density at radius 2 is 1.89 bits per heavy atom. The van der Waals surface area contributed by atoms with E-state index in [1.165, 1.54) is 5.56 Å². The van der Waals surface area contributed by atoms with Gasteiger partial charge in [-0.1, -0.05) is 49.9 Å². The Morgan fingerprint density at radius 1 is 1.22 bits per heavy atom. The number of hydrogen-bond acceptors (Lipinski definition) is 5. The fourth-order valence-corrected chi connectivity index (χ4v) is 4.32. The molecule has 144 valence electrons. The molecule has 0 bridgehead atoms. The predicted molar refractivity (Wildman–Crippen MR) is 109 cm³/mol. The van der Waals surface area contributed by atoms with E-state index in [0.29, 0.717) is 34.5 Å². The third-order valence-electron chi connectivity index (χ3n) is 4.69. The maximum atomic E-state index is 12.9. The van der Waals surface area contributed by atoms with E-state index in [9.17, 15) is 9.59 Å². The number of amidine groups is 1. The Hall–Kier alpha value is -2.08. The lowest BCUT2D eigenvalue weighted by Crippen LogP contribution is -2.46. The number of allylic oxidation sites excluding steroid dienone is 1. The molecule has 1 amide bonds. The largest absolute Gasteiger partial charge is 0.459 e. The molecule has 0 aromatic heterocycles. The van der Waals surface area contributed by atoms with Crippen LogP contribution in [0.15, 0.2) is 40.5 Å². The van der Waals surface area contributed by atoms with Crippen LogP contribution in [0.3, 0.4) is 0 Å². The topological polar surface area (TPSA) is 59.0 Å². The second-order valence-electron chi connectivity index (χ2n) is 7.43. The average Bonchev–Trinajstić information content (AvgIpc) is 2.60. The molecule has 1 unspecified atom stereocenters. The van der Waals surface area contributed by atoms with E-state index in [-0.39, 0.29) is 12.0 Å². The molecular weight excluding hydrogens is 360 g/mol. The number of thioether (sulfide) groups is 1. The first kappa shape index (κ1) is 19.7. The van der Waals surface area contributed by atoms with Crippen molar-refractivity contribution in [2.45, 2.75) is 59.1 Å². The Balaban J connectivity index is 2.10. The van der Waals surface area contributed by atoms with Crippen molar-refractivity contribution in [3.63, 3.8) is 0 Å². The van der Waals surface area contributed by atoms with Gasteiger partial charge in [0.25, 0.3) is 0 Å². The molecule has 2 aliphatic heterocycles. The Kier molecular flexibility index (Phi) is 5.75. The van der Waals surface area contributed by atoms with Crippen LogP contribution in [0.1, 0.15) is 64.1 Å². The molecule has 0 N–H and O–H groups in total. The first-order chi connectivity index (χ1) is 12.8. The number of benzene rings is 1. The number of aliphatic imine (C=N–C) groups is 1. The van der Waals surface area contributed by atoms with E-state index in [1.807, 2.05) is 32.9 Å². The van der Waals surface area contributed by atoms with Crippen LogP contribution in [-0.2, 0) is 14.3 Å². The number of fused-ring (bicyclic) bond motifs is 1. The summed E-state index contributed by atoms with van der Waals surface area (Å²) in [6.07, 6.45) is 0.203. The Morgan fingerprint density at radius 3 is 2.48 bits per heavy atom. The van der Waals surface area contributed by atoms with Gasteiger partial charge in [0.2, 0.25) is 5.91 Å². The highest BCUT2D eigenvalue weighted by Crippen LogP contribution is 2.40. The fraction of sp³-hybridized carbons (Fsp3) is 0.476. The molecule has 2 heterocycles. The van der Waals surface area contributed by atoms with Crippen molar-refractivity contribution in [2.24, 2.45) is 4.99 Å². The summed E-state index contributed by atoms with van der Waals surface area (Å²) in [5, 5.41) is 0.669. The predicted octanol–water partition coefficient (Wildman–Crippen LogP) is 4.41. The number of esters is 1. The zero-order chi connectivity index (χ0) is 19.7. The molecule has 6 heteroatoms. The van der Waals surface area contributed by atoms with Gasteiger partial charge in [-0.05, 0) is 37.8 Å². The highest BCUT2D eigenvalue weighted by Gasteiger charge is 2.41. The highest BCUT2D eigenvalue weighted by atomic mass is 32.2.